The smallest absolute Gasteiger partial charge is 0.186 e. The normalized spacial score (nSPS) is 16.4. The Morgan fingerprint density at radius 2 is 2.03 bits per heavy atom. The lowest BCUT2D eigenvalue weighted by atomic mass is 10.1. The number of nitrogen functional groups attached to an aromatic ring is 1. The lowest BCUT2D eigenvalue weighted by Gasteiger charge is -2.38. The summed E-state index contributed by atoms with van der Waals surface area (Å²) in [7, 11) is 0. The largest absolute Gasteiger partial charge is 0.399 e. The summed E-state index contributed by atoms with van der Waals surface area (Å²) >= 11 is 3.45. The van der Waals surface area contributed by atoms with Crippen LogP contribution in [0.4, 0.5) is 10.8 Å². The molecular formula is C20H24N8S2. The summed E-state index contributed by atoms with van der Waals surface area (Å²) < 4.78 is 3.09. The zero-order valence-corrected chi connectivity index (χ0v) is 18.4. The number of benzene rings is 1. The number of hydrogen-bond donors (Lipinski definition) is 1. The van der Waals surface area contributed by atoms with E-state index in [0.29, 0.717) is 0 Å². The number of nitrogens with two attached hydrogens (primary N) is 1. The Hall–Kier alpha value is -2.56. The standard InChI is InChI=1S/C20H24N8S2/c1-2-17(19-23-24-25-28(19)13-15-4-3-11-29-15)26-7-9-27(10-8-26)20-22-16-6-5-14(21)12-18(16)30-20/h3-6,11-12,17H,2,7-10,13,21H2,1H3. The Kier molecular flexibility index (Phi) is 5.36. The Morgan fingerprint density at radius 3 is 2.80 bits per heavy atom. The van der Waals surface area contributed by atoms with E-state index in [-0.39, 0.29) is 6.04 Å². The number of tetrazole rings is 1. The third-order valence-corrected chi connectivity index (χ3v) is 7.50. The van der Waals surface area contributed by atoms with Crippen molar-refractivity contribution in [3.63, 3.8) is 0 Å². The second-order valence-electron chi connectivity index (χ2n) is 7.44. The van der Waals surface area contributed by atoms with Crippen molar-refractivity contribution >= 4 is 43.7 Å². The van der Waals surface area contributed by atoms with E-state index in [9.17, 15) is 0 Å². The van der Waals surface area contributed by atoms with E-state index in [1.807, 2.05) is 22.9 Å². The highest BCUT2D eigenvalue weighted by molar-refractivity contribution is 7.22. The van der Waals surface area contributed by atoms with Crippen LogP contribution in [-0.2, 0) is 6.54 Å². The number of nitrogens with zero attached hydrogens (tertiary/aromatic N) is 7. The molecule has 0 radical (unpaired) electrons. The molecule has 10 heteroatoms. The first-order chi connectivity index (χ1) is 14.7. The molecule has 0 spiro atoms. The van der Waals surface area contributed by atoms with Crippen molar-refractivity contribution in [2.75, 3.05) is 36.8 Å². The van der Waals surface area contributed by atoms with Crippen LogP contribution in [0.15, 0.2) is 35.7 Å². The van der Waals surface area contributed by atoms with Crippen LogP contribution in [0.1, 0.15) is 30.1 Å². The molecule has 0 saturated carbocycles. The van der Waals surface area contributed by atoms with Gasteiger partial charge in [-0.1, -0.05) is 24.3 Å². The van der Waals surface area contributed by atoms with Gasteiger partial charge in [-0.3, -0.25) is 4.90 Å². The van der Waals surface area contributed by atoms with Gasteiger partial charge in [0.1, 0.15) is 0 Å². The summed E-state index contributed by atoms with van der Waals surface area (Å²) in [4.78, 5) is 10.9. The van der Waals surface area contributed by atoms with Gasteiger partial charge in [0.2, 0.25) is 0 Å². The average molecular weight is 441 g/mol. The van der Waals surface area contributed by atoms with Gasteiger partial charge in [0.25, 0.3) is 0 Å². The Labute approximate surface area is 182 Å². The highest BCUT2D eigenvalue weighted by atomic mass is 32.1. The number of thiazole rings is 1. The maximum absolute atomic E-state index is 5.92. The van der Waals surface area contributed by atoms with E-state index >= 15 is 0 Å². The zero-order valence-electron chi connectivity index (χ0n) is 16.8. The summed E-state index contributed by atoms with van der Waals surface area (Å²) in [5, 5.41) is 15.8. The van der Waals surface area contributed by atoms with Gasteiger partial charge >= 0.3 is 0 Å². The fourth-order valence-electron chi connectivity index (χ4n) is 4.01. The minimum absolute atomic E-state index is 0.220. The van der Waals surface area contributed by atoms with Crippen LogP contribution >= 0.6 is 22.7 Å². The molecule has 1 saturated heterocycles. The summed E-state index contributed by atoms with van der Waals surface area (Å²) in [5.41, 5.74) is 7.73. The Bertz CT molecular complexity index is 1110. The zero-order chi connectivity index (χ0) is 20.5. The van der Waals surface area contributed by atoms with Crippen molar-refractivity contribution < 1.29 is 0 Å². The summed E-state index contributed by atoms with van der Waals surface area (Å²) in [6, 6.07) is 10.3. The van der Waals surface area contributed by atoms with Crippen LogP contribution in [0.3, 0.4) is 0 Å². The molecule has 1 fully saturated rings. The molecule has 4 aromatic rings. The number of rotatable bonds is 6. The lowest BCUT2D eigenvalue weighted by Crippen LogP contribution is -2.48. The summed E-state index contributed by atoms with van der Waals surface area (Å²) in [5.74, 6) is 0.954. The van der Waals surface area contributed by atoms with E-state index in [0.717, 1.165) is 66.0 Å². The number of anilines is 2. The number of piperazine rings is 1. The van der Waals surface area contributed by atoms with Crippen LogP contribution in [0.5, 0.6) is 0 Å². The predicted octanol–water partition coefficient (Wildman–Crippen LogP) is 3.25. The quantitative estimate of drug-likeness (QED) is 0.460. The van der Waals surface area contributed by atoms with Crippen LogP contribution in [0.25, 0.3) is 10.2 Å². The minimum atomic E-state index is 0.220. The van der Waals surface area contributed by atoms with Crippen LogP contribution in [-0.4, -0.2) is 56.3 Å². The van der Waals surface area contributed by atoms with Crippen molar-refractivity contribution in [3.05, 3.63) is 46.4 Å². The molecule has 1 atom stereocenters. The van der Waals surface area contributed by atoms with Crippen molar-refractivity contribution in [1.29, 1.82) is 0 Å². The van der Waals surface area contributed by atoms with Gasteiger partial charge in [-0.2, -0.15) is 0 Å². The van der Waals surface area contributed by atoms with Gasteiger partial charge in [0.15, 0.2) is 11.0 Å². The number of thiophene rings is 1. The second-order valence-corrected chi connectivity index (χ2v) is 9.49. The van der Waals surface area contributed by atoms with E-state index in [2.05, 4.69) is 49.8 Å². The molecule has 0 bridgehead atoms. The summed E-state index contributed by atoms with van der Waals surface area (Å²) in [6.45, 7) is 6.74. The third kappa shape index (κ3) is 3.78. The molecule has 156 valence electrons. The van der Waals surface area contributed by atoms with Crippen molar-refractivity contribution in [2.24, 2.45) is 0 Å². The first kappa shape index (κ1) is 19.4. The molecule has 1 aliphatic rings. The molecule has 2 N–H and O–H groups in total. The predicted molar refractivity (Wildman–Crippen MR) is 122 cm³/mol. The molecule has 1 aliphatic heterocycles. The van der Waals surface area contributed by atoms with E-state index in [1.165, 1.54) is 4.88 Å². The fourth-order valence-corrected chi connectivity index (χ4v) is 5.76. The molecule has 5 rings (SSSR count). The fraction of sp³-hybridized carbons (Fsp3) is 0.400. The van der Waals surface area contributed by atoms with Gasteiger partial charge in [0, 0.05) is 36.7 Å². The molecule has 0 amide bonds. The van der Waals surface area contributed by atoms with Crippen molar-refractivity contribution in [2.45, 2.75) is 25.9 Å². The molecule has 1 aromatic carbocycles. The maximum Gasteiger partial charge on any atom is 0.186 e. The topological polar surface area (TPSA) is 89.0 Å². The first-order valence-electron chi connectivity index (χ1n) is 10.1. The van der Waals surface area contributed by atoms with Gasteiger partial charge in [-0.05, 0) is 46.5 Å². The molecule has 4 heterocycles. The van der Waals surface area contributed by atoms with E-state index < -0.39 is 0 Å². The van der Waals surface area contributed by atoms with Crippen molar-refractivity contribution in [3.8, 4) is 0 Å². The van der Waals surface area contributed by atoms with E-state index in [1.54, 1.807) is 22.7 Å². The van der Waals surface area contributed by atoms with Crippen LogP contribution in [0.2, 0.25) is 0 Å². The molecule has 0 aliphatic carbocycles. The van der Waals surface area contributed by atoms with Crippen molar-refractivity contribution in [1.82, 2.24) is 30.1 Å². The lowest BCUT2D eigenvalue weighted by molar-refractivity contribution is 0.169. The number of aromatic nitrogens is 5. The van der Waals surface area contributed by atoms with Gasteiger partial charge in [-0.15, -0.1) is 16.4 Å². The highest BCUT2D eigenvalue weighted by Gasteiger charge is 2.29. The van der Waals surface area contributed by atoms with Crippen LogP contribution in [0, 0.1) is 0 Å². The first-order valence-corrected chi connectivity index (χ1v) is 11.8. The van der Waals surface area contributed by atoms with Gasteiger partial charge in [0.05, 0.1) is 22.8 Å². The van der Waals surface area contributed by atoms with Gasteiger partial charge < -0.3 is 10.6 Å². The maximum atomic E-state index is 5.92. The average Bonchev–Trinajstić information content (AvgIpc) is 3.51. The molecular weight excluding hydrogens is 416 g/mol. The Balaban J connectivity index is 1.29. The highest BCUT2D eigenvalue weighted by Crippen LogP contribution is 2.32. The van der Waals surface area contributed by atoms with E-state index in [4.69, 9.17) is 10.7 Å². The van der Waals surface area contributed by atoms with Crippen LogP contribution < -0.4 is 10.6 Å². The molecule has 3 aromatic heterocycles. The van der Waals surface area contributed by atoms with Gasteiger partial charge in [-0.25, -0.2) is 9.67 Å². The Morgan fingerprint density at radius 1 is 1.17 bits per heavy atom. The molecule has 1 unspecified atom stereocenters. The number of fused-ring (bicyclic) bond motifs is 1. The summed E-state index contributed by atoms with van der Waals surface area (Å²) in [6.07, 6.45) is 0.977. The second kappa shape index (κ2) is 8.29. The monoisotopic (exact) mass is 440 g/mol. The molecule has 8 nitrogen and oxygen atoms in total. The number of hydrogen-bond acceptors (Lipinski definition) is 9. The third-order valence-electron chi connectivity index (χ3n) is 5.56. The minimum Gasteiger partial charge on any atom is -0.399 e. The molecule has 30 heavy (non-hydrogen) atoms. The SMILES string of the molecule is CCC(c1nnnn1Cc1cccs1)N1CCN(c2nc3ccc(N)cc3s2)CC1.